The summed E-state index contributed by atoms with van der Waals surface area (Å²) in [5, 5.41) is 9.37. The normalized spacial score (nSPS) is 11.6. The summed E-state index contributed by atoms with van der Waals surface area (Å²) in [6.45, 7) is 1.82. The SMILES string of the molecule is CN(C)CCCn1c(CO)nc2cc(N)ccc21. The highest BCUT2D eigenvalue weighted by Crippen LogP contribution is 2.19. The summed E-state index contributed by atoms with van der Waals surface area (Å²) in [5.74, 6) is 0.703. The van der Waals surface area contributed by atoms with E-state index in [1.807, 2.05) is 18.2 Å². The van der Waals surface area contributed by atoms with E-state index in [9.17, 15) is 5.11 Å². The monoisotopic (exact) mass is 248 g/mol. The van der Waals surface area contributed by atoms with Crippen LogP contribution in [0.15, 0.2) is 18.2 Å². The first kappa shape index (κ1) is 12.9. The van der Waals surface area contributed by atoms with Crippen molar-refractivity contribution >= 4 is 16.7 Å². The van der Waals surface area contributed by atoms with E-state index in [0.29, 0.717) is 11.5 Å². The van der Waals surface area contributed by atoms with Gasteiger partial charge in [-0.3, -0.25) is 0 Å². The Morgan fingerprint density at radius 2 is 2.17 bits per heavy atom. The second kappa shape index (κ2) is 5.37. The van der Waals surface area contributed by atoms with Crippen molar-refractivity contribution in [2.75, 3.05) is 26.4 Å². The summed E-state index contributed by atoms with van der Waals surface area (Å²) in [7, 11) is 4.11. The van der Waals surface area contributed by atoms with Crippen molar-refractivity contribution in [3.63, 3.8) is 0 Å². The Kier molecular flexibility index (Phi) is 3.84. The van der Waals surface area contributed by atoms with E-state index in [2.05, 4.69) is 28.5 Å². The molecule has 0 atom stereocenters. The van der Waals surface area contributed by atoms with Crippen LogP contribution in [0.25, 0.3) is 11.0 Å². The van der Waals surface area contributed by atoms with E-state index in [0.717, 1.165) is 30.5 Å². The topological polar surface area (TPSA) is 67.3 Å². The molecule has 5 nitrogen and oxygen atoms in total. The van der Waals surface area contributed by atoms with E-state index in [-0.39, 0.29) is 6.61 Å². The Hall–Kier alpha value is -1.59. The lowest BCUT2D eigenvalue weighted by atomic mass is 10.3. The van der Waals surface area contributed by atoms with Gasteiger partial charge >= 0.3 is 0 Å². The van der Waals surface area contributed by atoms with Crippen LogP contribution in [0.5, 0.6) is 0 Å². The van der Waals surface area contributed by atoms with Crippen molar-refractivity contribution in [3.8, 4) is 0 Å². The molecule has 1 aromatic carbocycles. The van der Waals surface area contributed by atoms with E-state index in [1.54, 1.807) is 0 Å². The molecule has 1 aromatic heterocycles. The summed E-state index contributed by atoms with van der Waals surface area (Å²) in [6, 6.07) is 5.68. The van der Waals surface area contributed by atoms with Gasteiger partial charge in [0.05, 0.1) is 11.0 Å². The Morgan fingerprint density at radius 3 is 2.83 bits per heavy atom. The predicted octanol–water partition coefficient (Wildman–Crippen LogP) is 1.06. The Morgan fingerprint density at radius 1 is 1.39 bits per heavy atom. The van der Waals surface area contributed by atoms with Crippen molar-refractivity contribution in [1.82, 2.24) is 14.5 Å². The summed E-state index contributed by atoms with van der Waals surface area (Å²) >= 11 is 0. The molecule has 18 heavy (non-hydrogen) atoms. The fourth-order valence-corrected chi connectivity index (χ4v) is 2.11. The molecule has 0 aliphatic heterocycles. The number of imidazole rings is 1. The number of anilines is 1. The highest BCUT2D eigenvalue weighted by Gasteiger charge is 2.09. The van der Waals surface area contributed by atoms with Gasteiger partial charge in [-0.05, 0) is 45.3 Å². The van der Waals surface area contributed by atoms with Crippen molar-refractivity contribution in [3.05, 3.63) is 24.0 Å². The van der Waals surface area contributed by atoms with E-state index < -0.39 is 0 Å². The standard InChI is InChI=1S/C13H20N4O/c1-16(2)6-3-7-17-12-5-4-10(14)8-11(12)15-13(17)9-18/h4-5,8,18H,3,6-7,9,14H2,1-2H3. The van der Waals surface area contributed by atoms with Gasteiger partial charge < -0.3 is 20.3 Å². The van der Waals surface area contributed by atoms with Gasteiger partial charge in [0, 0.05) is 12.2 Å². The van der Waals surface area contributed by atoms with Gasteiger partial charge in [0.2, 0.25) is 0 Å². The van der Waals surface area contributed by atoms with Crippen molar-refractivity contribution in [1.29, 1.82) is 0 Å². The summed E-state index contributed by atoms with van der Waals surface area (Å²) in [6.07, 6.45) is 1.02. The van der Waals surface area contributed by atoms with Crippen LogP contribution in [-0.4, -0.2) is 40.2 Å². The first-order valence-corrected chi connectivity index (χ1v) is 6.12. The van der Waals surface area contributed by atoms with Crippen molar-refractivity contribution < 1.29 is 5.11 Å². The van der Waals surface area contributed by atoms with Crippen molar-refractivity contribution in [2.45, 2.75) is 19.6 Å². The van der Waals surface area contributed by atoms with Crippen LogP contribution < -0.4 is 5.73 Å². The van der Waals surface area contributed by atoms with Gasteiger partial charge in [0.1, 0.15) is 12.4 Å². The Balaban J connectivity index is 2.29. The molecule has 1 heterocycles. The van der Waals surface area contributed by atoms with Crippen LogP contribution in [0.4, 0.5) is 5.69 Å². The zero-order valence-corrected chi connectivity index (χ0v) is 10.9. The van der Waals surface area contributed by atoms with E-state index in [1.165, 1.54) is 0 Å². The molecule has 3 N–H and O–H groups in total. The number of aryl methyl sites for hydroxylation is 1. The number of aromatic nitrogens is 2. The Bertz CT molecular complexity index is 533. The number of benzene rings is 1. The number of nitrogen functional groups attached to an aromatic ring is 1. The molecule has 0 aliphatic rings. The molecule has 0 aliphatic carbocycles. The Labute approximate surface area is 107 Å². The number of aliphatic hydroxyl groups excluding tert-OH is 1. The molecule has 98 valence electrons. The minimum absolute atomic E-state index is 0.0451. The smallest absolute Gasteiger partial charge is 0.135 e. The largest absolute Gasteiger partial charge is 0.399 e. The second-order valence-electron chi connectivity index (χ2n) is 4.74. The molecule has 2 aromatic rings. The number of hydrogen-bond donors (Lipinski definition) is 2. The lowest BCUT2D eigenvalue weighted by Gasteiger charge is -2.11. The minimum atomic E-state index is -0.0451. The van der Waals surface area contributed by atoms with E-state index in [4.69, 9.17) is 5.73 Å². The lowest BCUT2D eigenvalue weighted by Crippen LogP contribution is -2.15. The third kappa shape index (κ3) is 2.63. The highest BCUT2D eigenvalue weighted by molar-refractivity contribution is 5.79. The van der Waals surface area contributed by atoms with Gasteiger partial charge in [-0.25, -0.2) is 4.98 Å². The molecule has 2 rings (SSSR count). The highest BCUT2D eigenvalue weighted by atomic mass is 16.3. The maximum absolute atomic E-state index is 9.37. The van der Waals surface area contributed by atoms with Crippen LogP contribution >= 0.6 is 0 Å². The molecule has 0 unspecified atom stereocenters. The summed E-state index contributed by atoms with van der Waals surface area (Å²) in [4.78, 5) is 6.56. The summed E-state index contributed by atoms with van der Waals surface area (Å²) < 4.78 is 2.07. The molecule has 0 fully saturated rings. The fraction of sp³-hybridized carbons (Fsp3) is 0.462. The third-order valence-corrected chi connectivity index (χ3v) is 2.98. The minimum Gasteiger partial charge on any atom is -0.399 e. The van der Waals surface area contributed by atoms with Gasteiger partial charge in [-0.15, -0.1) is 0 Å². The number of nitrogens with zero attached hydrogens (tertiary/aromatic N) is 3. The van der Waals surface area contributed by atoms with Gasteiger partial charge in [0.25, 0.3) is 0 Å². The number of rotatable bonds is 5. The van der Waals surface area contributed by atoms with Gasteiger partial charge in [-0.1, -0.05) is 0 Å². The second-order valence-corrected chi connectivity index (χ2v) is 4.74. The molecule has 0 saturated carbocycles. The first-order chi connectivity index (χ1) is 8.61. The number of nitrogens with two attached hydrogens (primary N) is 1. The fourth-order valence-electron chi connectivity index (χ4n) is 2.11. The average molecular weight is 248 g/mol. The molecule has 0 saturated heterocycles. The van der Waals surface area contributed by atoms with Crippen LogP contribution in [0.3, 0.4) is 0 Å². The number of aliphatic hydroxyl groups is 1. The average Bonchev–Trinajstić information content (AvgIpc) is 2.66. The molecule has 0 bridgehead atoms. The van der Waals surface area contributed by atoms with Crippen LogP contribution in [0.2, 0.25) is 0 Å². The molecular weight excluding hydrogens is 228 g/mol. The number of hydrogen-bond acceptors (Lipinski definition) is 4. The predicted molar refractivity (Wildman–Crippen MR) is 73.2 cm³/mol. The maximum atomic E-state index is 9.37. The summed E-state index contributed by atoms with van der Waals surface area (Å²) in [5.41, 5.74) is 8.33. The quantitative estimate of drug-likeness (QED) is 0.777. The zero-order valence-electron chi connectivity index (χ0n) is 10.9. The first-order valence-electron chi connectivity index (χ1n) is 6.12. The lowest BCUT2D eigenvalue weighted by molar-refractivity contribution is 0.264. The molecule has 0 spiro atoms. The number of fused-ring (bicyclic) bond motifs is 1. The molecular formula is C13H20N4O. The molecule has 5 heteroatoms. The third-order valence-electron chi connectivity index (χ3n) is 2.98. The van der Waals surface area contributed by atoms with E-state index >= 15 is 0 Å². The van der Waals surface area contributed by atoms with Gasteiger partial charge in [-0.2, -0.15) is 0 Å². The van der Waals surface area contributed by atoms with Crippen molar-refractivity contribution in [2.24, 2.45) is 0 Å². The molecule has 0 amide bonds. The van der Waals surface area contributed by atoms with Crippen LogP contribution in [0.1, 0.15) is 12.2 Å². The zero-order chi connectivity index (χ0) is 13.1. The van der Waals surface area contributed by atoms with Crippen LogP contribution in [-0.2, 0) is 13.2 Å². The molecule has 0 radical (unpaired) electrons. The maximum Gasteiger partial charge on any atom is 0.135 e. The van der Waals surface area contributed by atoms with Crippen LogP contribution in [0, 0.1) is 0 Å². The van der Waals surface area contributed by atoms with Gasteiger partial charge in [0.15, 0.2) is 0 Å².